The Hall–Kier alpha value is -7.48. The van der Waals surface area contributed by atoms with Crippen LogP contribution < -0.4 is 0 Å². The Morgan fingerprint density at radius 2 is 1.04 bits per heavy atom. The average molecular weight is 749 g/mol. The molecule has 5 heterocycles. The molecule has 5 aromatic heterocycles. The summed E-state index contributed by atoms with van der Waals surface area (Å²) in [7, 11) is 0. The van der Waals surface area contributed by atoms with Crippen molar-refractivity contribution in [3.05, 3.63) is 170 Å². The van der Waals surface area contributed by atoms with Gasteiger partial charge in [0.05, 0.1) is 5.56 Å². The van der Waals surface area contributed by atoms with Gasteiger partial charge in [0.25, 0.3) is 0 Å². The summed E-state index contributed by atoms with van der Waals surface area (Å²) < 4.78 is 15.6. The summed E-state index contributed by atoms with van der Waals surface area (Å²) in [6, 6.07) is 54.3. The molecular formula is C50H28N4O2S. The van der Waals surface area contributed by atoms with Crippen LogP contribution in [0.3, 0.4) is 0 Å². The van der Waals surface area contributed by atoms with E-state index in [1.807, 2.05) is 60.0 Å². The van der Waals surface area contributed by atoms with Crippen LogP contribution in [0.25, 0.3) is 120 Å². The summed E-state index contributed by atoms with van der Waals surface area (Å²) >= 11 is 1.82. The van der Waals surface area contributed by atoms with Crippen LogP contribution in [-0.4, -0.2) is 19.9 Å². The minimum absolute atomic E-state index is 0.519. The molecule has 0 spiro atoms. The molecule has 12 aromatic rings. The Bertz CT molecular complexity index is 3530. The zero-order valence-corrected chi connectivity index (χ0v) is 31.0. The maximum Gasteiger partial charge on any atom is 0.167 e. The van der Waals surface area contributed by atoms with E-state index in [-0.39, 0.29) is 0 Å². The Morgan fingerprint density at radius 3 is 1.88 bits per heavy atom. The number of benzene rings is 7. The molecule has 0 saturated carbocycles. The zero-order chi connectivity index (χ0) is 37.5. The van der Waals surface area contributed by atoms with Crippen LogP contribution >= 0.6 is 11.3 Å². The van der Waals surface area contributed by atoms with Gasteiger partial charge in [0.2, 0.25) is 0 Å². The predicted octanol–water partition coefficient (Wildman–Crippen LogP) is 13.8. The first-order valence-corrected chi connectivity index (χ1v) is 19.6. The second-order valence-electron chi connectivity index (χ2n) is 14.2. The molecule has 0 amide bonds. The Morgan fingerprint density at radius 1 is 0.386 bits per heavy atom. The lowest BCUT2D eigenvalue weighted by molar-refractivity contribution is 0.668. The van der Waals surface area contributed by atoms with Gasteiger partial charge in [0, 0.05) is 65.2 Å². The number of hydrogen-bond acceptors (Lipinski definition) is 7. The fraction of sp³-hybridized carbons (Fsp3) is 0. The summed E-state index contributed by atoms with van der Waals surface area (Å²) in [4.78, 5) is 19.8. The number of hydrogen-bond donors (Lipinski definition) is 0. The van der Waals surface area contributed by atoms with Gasteiger partial charge in [-0.15, -0.1) is 11.3 Å². The monoisotopic (exact) mass is 748 g/mol. The molecule has 0 fully saturated rings. The largest absolute Gasteiger partial charge is 0.456 e. The molecular weight excluding hydrogens is 721 g/mol. The maximum atomic E-state index is 6.81. The Balaban J connectivity index is 1.09. The molecule has 0 aliphatic carbocycles. The van der Waals surface area contributed by atoms with Crippen LogP contribution in [0, 0.1) is 0 Å². The fourth-order valence-electron chi connectivity index (χ4n) is 8.19. The van der Waals surface area contributed by atoms with Crippen molar-refractivity contribution in [3.8, 4) is 56.4 Å². The van der Waals surface area contributed by atoms with Gasteiger partial charge < -0.3 is 8.83 Å². The van der Waals surface area contributed by atoms with Crippen LogP contribution in [0.15, 0.2) is 179 Å². The Kier molecular flexibility index (Phi) is 7.00. The van der Waals surface area contributed by atoms with Crippen LogP contribution in [0.5, 0.6) is 0 Å². The number of para-hydroxylation sites is 2. The molecule has 7 heteroatoms. The molecule has 0 bridgehead atoms. The molecule has 12 rings (SSSR count). The lowest BCUT2D eigenvalue weighted by atomic mass is 9.94. The number of thiophene rings is 1. The van der Waals surface area contributed by atoms with E-state index in [4.69, 9.17) is 23.8 Å². The van der Waals surface area contributed by atoms with Crippen molar-refractivity contribution in [1.29, 1.82) is 0 Å². The highest BCUT2D eigenvalue weighted by atomic mass is 32.1. The van der Waals surface area contributed by atoms with Gasteiger partial charge in [-0.05, 0) is 70.8 Å². The topological polar surface area (TPSA) is 77.8 Å². The smallest absolute Gasteiger partial charge is 0.167 e. The molecule has 0 radical (unpaired) electrons. The third-order valence-corrected chi connectivity index (χ3v) is 12.0. The van der Waals surface area contributed by atoms with Gasteiger partial charge in [0.15, 0.2) is 17.5 Å². The number of aromatic nitrogens is 4. The van der Waals surface area contributed by atoms with Gasteiger partial charge in [-0.1, -0.05) is 109 Å². The number of fused-ring (bicyclic) bond motifs is 9. The third kappa shape index (κ3) is 5.10. The van der Waals surface area contributed by atoms with Crippen molar-refractivity contribution in [2.45, 2.75) is 0 Å². The summed E-state index contributed by atoms with van der Waals surface area (Å²) in [5.41, 5.74) is 10.00. The van der Waals surface area contributed by atoms with Crippen LogP contribution in [-0.2, 0) is 0 Å². The highest BCUT2D eigenvalue weighted by molar-refractivity contribution is 7.25. The highest BCUT2D eigenvalue weighted by Crippen LogP contribution is 2.46. The van der Waals surface area contributed by atoms with Gasteiger partial charge in [0.1, 0.15) is 22.3 Å². The SMILES string of the molecule is c1cncc(-c2ccc(-c3nc(-c4ccc5c(c4)oc4ccccc45)nc(-c4ccc(-c5cccc6sc7ccccc7c56)c5c4oc4ccccc45)n3)cc2)c1. The standard InChI is InChI=1S/C50H28N4O2S/c1-4-14-40-33(10-1)34-23-22-31(27-42(34)55-40)49-52-48(30-20-18-29(19-21-30)32-9-8-26-51-28-32)53-50(54-49)39-25-24-36(46-37-11-2-5-15-41(37)56-47(39)46)35-13-7-17-44-45(35)38-12-3-6-16-43(38)57-44/h1-28H. The van der Waals surface area contributed by atoms with Crippen molar-refractivity contribution in [2.24, 2.45) is 0 Å². The minimum atomic E-state index is 0.519. The Labute approximate surface area is 329 Å². The van der Waals surface area contributed by atoms with E-state index in [1.54, 1.807) is 6.20 Å². The highest BCUT2D eigenvalue weighted by Gasteiger charge is 2.23. The first-order valence-electron chi connectivity index (χ1n) is 18.8. The molecule has 57 heavy (non-hydrogen) atoms. The summed E-state index contributed by atoms with van der Waals surface area (Å²) in [6.07, 6.45) is 3.65. The first kappa shape index (κ1) is 31.8. The number of furan rings is 2. The van der Waals surface area contributed by atoms with Crippen LogP contribution in [0.4, 0.5) is 0 Å². The molecule has 0 aliphatic rings. The van der Waals surface area contributed by atoms with E-state index in [9.17, 15) is 0 Å². The van der Waals surface area contributed by atoms with Crippen molar-refractivity contribution < 1.29 is 8.83 Å². The molecule has 0 N–H and O–H groups in total. The van der Waals surface area contributed by atoms with Gasteiger partial charge in [-0.25, -0.2) is 15.0 Å². The van der Waals surface area contributed by atoms with E-state index >= 15 is 0 Å². The normalized spacial score (nSPS) is 11.9. The lowest BCUT2D eigenvalue weighted by Crippen LogP contribution is -2.00. The molecule has 0 aliphatic heterocycles. The maximum absolute atomic E-state index is 6.81. The van der Waals surface area contributed by atoms with Crippen molar-refractivity contribution in [1.82, 2.24) is 19.9 Å². The van der Waals surface area contributed by atoms with E-state index in [1.165, 1.54) is 20.2 Å². The average Bonchev–Trinajstić information content (AvgIpc) is 3.98. The summed E-state index contributed by atoms with van der Waals surface area (Å²) in [6.45, 7) is 0. The second kappa shape index (κ2) is 12.5. The lowest BCUT2D eigenvalue weighted by Gasteiger charge is -2.12. The number of pyridine rings is 1. The summed E-state index contributed by atoms with van der Waals surface area (Å²) in [5.74, 6) is 1.61. The van der Waals surface area contributed by atoms with Gasteiger partial charge in [-0.2, -0.15) is 0 Å². The van der Waals surface area contributed by atoms with E-state index in [0.29, 0.717) is 17.5 Å². The molecule has 266 valence electrons. The van der Waals surface area contributed by atoms with Gasteiger partial charge >= 0.3 is 0 Å². The van der Waals surface area contributed by atoms with E-state index < -0.39 is 0 Å². The van der Waals surface area contributed by atoms with Crippen molar-refractivity contribution in [2.75, 3.05) is 0 Å². The van der Waals surface area contributed by atoms with E-state index in [0.717, 1.165) is 82.8 Å². The third-order valence-electron chi connectivity index (χ3n) is 10.9. The second-order valence-corrected chi connectivity index (χ2v) is 15.3. The van der Waals surface area contributed by atoms with Crippen molar-refractivity contribution >= 4 is 75.4 Å². The molecule has 7 aromatic carbocycles. The molecule has 6 nitrogen and oxygen atoms in total. The minimum Gasteiger partial charge on any atom is -0.456 e. The van der Waals surface area contributed by atoms with Crippen molar-refractivity contribution in [3.63, 3.8) is 0 Å². The first-order chi connectivity index (χ1) is 28.2. The summed E-state index contributed by atoms with van der Waals surface area (Å²) in [5, 5.41) is 6.68. The van der Waals surface area contributed by atoms with E-state index in [2.05, 4.69) is 120 Å². The molecule has 0 unspecified atom stereocenters. The van der Waals surface area contributed by atoms with Crippen LogP contribution in [0.1, 0.15) is 0 Å². The molecule has 0 saturated heterocycles. The van der Waals surface area contributed by atoms with Gasteiger partial charge in [-0.3, -0.25) is 4.98 Å². The molecule has 0 atom stereocenters. The zero-order valence-electron chi connectivity index (χ0n) is 30.2. The number of nitrogens with zero attached hydrogens (tertiary/aromatic N) is 4. The fourth-order valence-corrected chi connectivity index (χ4v) is 9.32. The quantitative estimate of drug-likeness (QED) is 0.174. The van der Waals surface area contributed by atoms with Crippen LogP contribution in [0.2, 0.25) is 0 Å². The number of rotatable bonds is 5. The predicted molar refractivity (Wildman–Crippen MR) is 232 cm³/mol.